The van der Waals surface area contributed by atoms with Gasteiger partial charge in [-0.2, -0.15) is 0 Å². The summed E-state index contributed by atoms with van der Waals surface area (Å²) in [5.74, 6) is -0.499. The molecule has 0 aromatic carbocycles. The predicted octanol–water partition coefficient (Wildman–Crippen LogP) is 1.76. The molecule has 5 nitrogen and oxygen atoms in total. The first-order valence-electron chi connectivity index (χ1n) is 8.32. The fraction of sp³-hybridized carbons (Fsp3) is 0.938. The van der Waals surface area contributed by atoms with E-state index in [-0.39, 0.29) is 22.6 Å². The molecule has 3 fully saturated rings. The van der Waals surface area contributed by atoms with E-state index in [1.165, 1.54) is 0 Å². The van der Waals surface area contributed by atoms with Gasteiger partial charge in [0.15, 0.2) is 0 Å². The van der Waals surface area contributed by atoms with Gasteiger partial charge in [-0.3, -0.25) is 4.79 Å². The second-order valence-electron chi connectivity index (χ2n) is 8.02. The maximum absolute atomic E-state index is 12.8. The van der Waals surface area contributed by atoms with Gasteiger partial charge in [-0.1, -0.05) is 27.7 Å². The van der Waals surface area contributed by atoms with Crippen LogP contribution in [0.15, 0.2) is 0 Å². The number of carbonyl (C=O) groups is 1. The van der Waals surface area contributed by atoms with Gasteiger partial charge >= 0.3 is 0 Å². The second kappa shape index (κ2) is 4.69. The van der Waals surface area contributed by atoms with Crippen molar-refractivity contribution in [1.82, 2.24) is 4.31 Å². The SMILES string of the molecule is CC[C@H](O)[C@H](C)C(=O)N1[C@@H]2C[C@H]3CC[C@]2(CS1(=O)=O)C3(C)C. The number of carbonyl (C=O) groups excluding carboxylic acids is 1. The van der Waals surface area contributed by atoms with Crippen molar-refractivity contribution in [3.8, 4) is 0 Å². The van der Waals surface area contributed by atoms with E-state index in [0.717, 1.165) is 23.6 Å². The van der Waals surface area contributed by atoms with E-state index in [1.807, 2.05) is 0 Å². The molecule has 1 saturated heterocycles. The van der Waals surface area contributed by atoms with E-state index in [0.29, 0.717) is 12.3 Å². The Kier molecular flexibility index (Phi) is 3.47. The molecule has 3 aliphatic rings. The smallest absolute Gasteiger partial charge is 0.241 e. The zero-order valence-electron chi connectivity index (χ0n) is 13.9. The number of nitrogens with zero attached hydrogens (tertiary/aromatic N) is 1. The molecular formula is C16H27NO4S. The lowest BCUT2D eigenvalue weighted by molar-refractivity contribution is -0.136. The molecule has 1 spiro atoms. The summed E-state index contributed by atoms with van der Waals surface area (Å²) < 4.78 is 26.6. The van der Waals surface area contributed by atoms with Gasteiger partial charge in [0, 0.05) is 5.41 Å². The van der Waals surface area contributed by atoms with Crippen LogP contribution in [0.3, 0.4) is 0 Å². The van der Waals surface area contributed by atoms with E-state index < -0.39 is 28.0 Å². The quantitative estimate of drug-likeness (QED) is 0.856. The molecule has 2 saturated carbocycles. The van der Waals surface area contributed by atoms with Crippen LogP contribution in [0.2, 0.25) is 0 Å². The number of aliphatic hydroxyl groups is 1. The molecule has 6 heteroatoms. The molecular weight excluding hydrogens is 302 g/mol. The highest BCUT2D eigenvalue weighted by Crippen LogP contribution is 2.70. The Morgan fingerprint density at radius 2 is 2.05 bits per heavy atom. The van der Waals surface area contributed by atoms with Crippen molar-refractivity contribution in [3.63, 3.8) is 0 Å². The number of rotatable bonds is 3. The minimum atomic E-state index is -3.57. The Balaban J connectivity index is 1.99. The molecule has 0 radical (unpaired) electrons. The van der Waals surface area contributed by atoms with Crippen LogP contribution in [0.4, 0.5) is 0 Å². The van der Waals surface area contributed by atoms with Crippen LogP contribution in [-0.4, -0.2) is 41.6 Å². The zero-order valence-corrected chi connectivity index (χ0v) is 14.7. The van der Waals surface area contributed by atoms with Crippen molar-refractivity contribution < 1.29 is 18.3 Å². The van der Waals surface area contributed by atoms with Crippen molar-refractivity contribution in [2.24, 2.45) is 22.7 Å². The highest BCUT2D eigenvalue weighted by atomic mass is 32.2. The maximum Gasteiger partial charge on any atom is 0.241 e. The van der Waals surface area contributed by atoms with Gasteiger partial charge in [-0.15, -0.1) is 0 Å². The molecule has 2 aliphatic carbocycles. The standard InChI is InChI=1S/C16H27NO4S/c1-5-12(18)10(2)14(19)17-13-8-11-6-7-16(13,15(11,3)4)9-22(17,20)21/h10-13,18H,5-9H2,1-4H3/t10-,11+,12-,13+,16+/m0/s1. The van der Waals surface area contributed by atoms with Crippen LogP contribution in [-0.2, 0) is 14.8 Å². The molecule has 1 amide bonds. The van der Waals surface area contributed by atoms with Crippen molar-refractivity contribution in [2.75, 3.05) is 5.75 Å². The summed E-state index contributed by atoms with van der Waals surface area (Å²) in [5.41, 5.74) is -0.324. The Hall–Kier alpha value is -0.620. The van der Waals surface area contributed by atoms with Gasteiger partial charge in [0.1, 0.15) is 0 Å². The first kappa shape index (κ1) is 16.2. The third kappa shape index (κ3) is 1.80. The Morgan fingerprint density at radius 1 is 1.41 bits per heavy atom. The van der Waals surface area contributed by atoms with Crippen molar-refractivity contribution in [1.29, 1.82) is 0 Å². The summed E-state index contributed by atoms with van der Waals surface area (Å²) in [6.07, 6.45) is 2.40. The molecule has 0 aromatic rings. The second-order valence-corrected chi connectivity index (χ2v) is 9.87. The van der Waals surface area contributed by atoms with Crippen LogP contribution in [0, 0.1) is 22.7 Å². The van der Waals surface area contributed by atoms with Crippen molar-refractivity contribution in [2.45, 2.75) is 65.5 Å². The monoisotopic (exact) mass is 329 g/mol. The first-order valence-corrected chi connectivity index (χ1v) is 9.93. The highest BCUT2D eigenvalue weighted by molar-refractivity contribution is 7.90. The third-order valence-electron chi connectivity index (χ3n) is 7.01. The molecule has 2 bridgehead atoms. The molecule has 3 rings (SSSR count). The third-order valence-corrected chi connectivity index (χ3v) is 8.93. The summed E-state index contributed by atoms with van der Waals surface area (Å²) in [6, 6.07) is -0.203. The Bertz CT molecular complexity index is 599. The average Bonchev–Trinajstić information content (AvgIpc) is 2.91. The topological polar surface area (TPSA) is 74.7 Å². The normalized spacial score (nSPS) is 40.5. The van der Waals surface area contributed by atoms with Crippen LogP contribution >= 0.6 is 0 Å². The van der Waals surface area contributed by atoms with Crippen LogP contribution < -0.4 is 0 Å². The fourth-order valence-electron chi connectivity index (χ4n) is 5.30. The number of hydrogen-bond acceptors (Lipinski definition) is 4. The number of amides is 1. The maximum atomic E-state index is 12.8. The summed E-state index contributed by atoms with van der Waals surface area (Å²) in [6.45, 7) is 7.77. The summed E-state index contributed by atoms with van der Waals surface area (Å²) in [4.78, 5) is 12.8. The fourth-order valence-corrected chi connectivity index (χ4v) is 7.91. The van der Waals surface area contributed by atoms with E-state index in [9.17, 15) is 18.3 Å². The van der Waals surface area contributed by atoms with Gasteiger partial charge in [-0.05, 0) is 37.0 Å². The minimum absolute atomic E-state index is 0.0353. The van der Waals surface area contributed by atoms with Crippen molar-refractivity contribution in [3.05, 3.63) is 0 Å². The average molecular weight is 329 g/mol. The first-order chi connectivity index (χ1) is 10.1. The van der Waals surface area contributed by atoms with E-state index in [2.05, 4.69) is 13.8 Å². The Morgan fingerprint density at radius 3 is 2.59 bits per heavy atom. The van der Waals surface area contributed by atoms with Crippen LogP contribution in [0.5, 0.6) is 0 Å². The van der Waals surface area contributed by atoms with E-state index in [4.69, 9.17) is 0 Å². The zero-order chi connectivity index (χ0) is 16.5. The molecule has 0 unspecified atom stereocenters. The number of sulfonamides is 1. The number of fused-ring (bicyclic) bond motifs is 1. The minimum Gasteiger partial charge on any atom is -0.392 e. The van der Waals surface area contributed by atoms with Gasteiger partial charge in [0.25, 0.3) is 0 Å². The Labute approximate surface area is 133 Å². The van der Waals surface area contributed by atoms with Gasteiger partial charge in [-0.25, -0.2) is 12.7 Å². The molecule has 0 aromatic heterocycles. The number of hydrogen-bond donors (Lipinski definition) is 1. The van der Waals surface area contributed by atoms with Gasteiger partial charge < -0.3 is 5.11 Å². The van der Waals surface area contributed by atoms with Crippen LogP contribution in [0.1, 0.15) is 53.4 Å². The lowest BCUT2D eigenvalue weighted by Gasteiger charge is -2.37. The van der Waals surface area contributed by atoms with Crippen molar-refractivity contribution >= 4 is 15.9 Å². The van der Waals surface area contributed by atoms with Gasteiger partial charge in [0.05, 0.1) is 23.8 Å². The largest absolute Gasteiger partial charge is 0.392 e. The molecule has 5 atom stereocenters. The highest BCUT2D eigenvalue weighted by Gasteiger charge is 2.72. The molecule has 1 aliphatic heterocycles. The molecule has 22 heavy (non-hydrogen) atoms. The van der Waals surface area contributed by atoms with E-state index >= 15 is 0 Å². The van der Waals surface area contributed by atoms with Gasteiger partial charge in [0.2, 0.25) is 15.9 Å². The summed E-state index contributed by atoms with van der Waals surface area (Å²) >= 11 is 0. The summed E-state index contributed by atoms with van der Waals surface area (Å²) in [7, 11) is -3.57. The molecule has 1 N–H and O–H groups in total. The molecule has 126 valence electrons. The molecule has 1 heterocycles. The van der Waals surface area contributed by atoms with Crippen LogP contribution in [0.25, 0.3) is 0 Å². The van der Waals surface area contributed by atoms with E-state index in [1.54, 1.807) is 13.8 Å². The summed E-state index contributed by atoms with van der Waals surface area (Å²) in [5, 5.41) is 9.96. The lowest BCUT2D eigenvalue weighted by atomic mass is 9.69. The lowest BCUT2D eigenvalue weighted by Crippen LogP contribution is -2.47. The number of aliphatic hydroxyl groups excluding tert-OH is 1. The predicted molar refractivity (Wildman–Crippen MR) is 83.4 cm³/mol.